The first-order valence-electron chi connectivity index (χ1n) is 4.44. The van der Waals surface area contributed by atoms with Crippen molar-refractivity contribution in [1.82, 2.24) is 0 Å². The summed E-state index contributed by atoms with van der Waals surface area (Å²) in [6.07, 6.45) is 5.21. The molecular weight excluding hydrogens is 140 g/mol. The lowest BCUT2D eigenvalue weighted by molar-refractivity contribution is -0.132. The Morgan fingerprint density at radius 3 is 2.36 bits per heavy atom. The second-order valence-electron chi connectivity index (χ2n) is 3.93. The van der Waals surface area contributed by atoms with E-state index in [1.54, 1.807) is 0 Å². The van der Waals surface area contributed by atoms with Crippen LogP contribution in [0.25, 0.3) is 0 Å². The third kappa shape index (κ3) is 1.00. The van der Waals surface area contributed by atoms with Gasteiger partial charge in [-0.1, -0.05) is 6.42 Å². The van der Waals surface area contributed by atoms with Crippen LogP contribution >= 0.6 is 0 Å². The normalized spacial score (nSPS) is 27.7. The highest BCUT2D eigenvalue weighted by atomic mass is 16.3. The molecule has 0 unspecified atom stereocenters. The summed E-state index contributed by atoms with van der Waals surface area (Å²) in [6, 6.07) is 0. The van der Waals surface area contributed by atoms with Crippen molar-refractivity contribution in [3.8, 4) is 0 Å². The lowest BCUT2D eigenvalue weighted by atomic mass is 9.77. The Bertz CT molecular complexity index is 178. The van der Waals surface area contributed by atoms with Crippen molar-refractivity contribution in [3.63, 3.8) is 0 Å². The molecule has 0 aromatic heterocycles. The molecule has 0 aliphatic heterocycles. The molecule has 0 aromatic rings. The zero-order valence-corrected chi connectivity index (χ0v) is 6.68. The van der Waals surface area contributed by atoms with E-state index in [-0.39, 0.29) is 12.0 Å². The number of carbonyl (C=O) groups is 1. The maximum Gasteiger partial charge on any atom is 0.144 e. The summed E-state index contributed by atoms with van der Waals surface area (Å²) < 4.78 is 0. The molecule has 2 aliphatic carbocycles. The minimum atomic E-state index is -0.259. The van der Waals surface area contributed by atoms with Gasteiger partial charge in [0.1, 0.15) is 5.78 Å². The van der Waals surface area contributed by atoms with Gasteiger partial charge in [0.05, 0.1) is 12.0 Å². The van der Waals surface area contributed by atoms with Crippen LogP contribution in [0, 0.1) is 11.3 Å². The highest BCUT2D eigenvalue weighted by molar-refractivity contribution is 5.90. The van der Waals surface area contributed by atoms with E-state index in [9.17, 15) is 4.79 Å². The number of carbonyl (C=O) groups excluding carboxylic acids is 1. The summed E-state index contributed by atoms with van der Waals surface area (Å²) >= 11 is 0. The van der Waals surface area contributed by atoms with Crippen molar-refractivity contribution in [1.29, 1.82) is 0 Å². The molecule has 2 heteroatoms. The van der Waals surface area contributed by atoms with Gasteiger partial charge in [0, 0.05) is 5.92 Å². The fraction of sp³-hybridized carbons (Fsp3) is 0.889. The summed E-state index contributed by atoms with van der Waals surface area (Å²) in [7, 11) is 0. The van der Waals surface area contributed by atoms with Crippen LogP contribution in [0.2, 0.25) is 0 Å². The molecule has 0 aromatic carbocycles. The van der Waals surface area contributed by atoms with Gasteiger partial charge in [-0.25, -0.2) is 0 Å². The SMILES string of the molecule is O=C(C1CCC1)C1(CO)CC1. The van der Waals surface area contributed by atoms with Gasteiger partial charge in [0.25, 0.3) is 0 Å². The maximum atomic E-state index is 11.6. The number of aliphatic hydroxyl groups excluding tert-OH is 1. The van der Waals surface area contributed by atoms with Crippen molar-refractivity contribution in [3.05, 3.63) is 0 Å². The van der Waals surface area contributed by atoms with Crippen LogP contribution < -0.4 is 0 Å². The molecular formula is C9H14O2. The van der Waals surface area contributed by atoms with Gasteiger partial charge in [-0.3, -0.25) is 4.79 Å². The van der Waals surface area contributed by atoms with Crippen molar-refractivity contribution in [2.24, 2.45) is 11.3 Å². The summed E-state index contributed by atoms with van der Waals surface area (Å²) in [5, 5.41) is 8.97. The molecule has 0 bridgehead atoms. The minimum Gasteiger partial charge on any atom is -0.395 e. The Labute approximate surface area is 66.6 Å². The van der Waals surface area contributed by atoms with E-state index in [0.29, 0.717) is 11.7 Å². The number of aliphatic hydroxyl groups is 1. The van der Waals surface area contributed by atoms with Crippen LogP contribution in [0.3, 0.4) is 0 Å². The Hall–Kier alpha value is -0.370. The fourth-order valence-electron chi connectivity index (χ4n) is 1.74. The zero-order valence-electron chi connectivity index (χ0n) is 6.68. The van der Waals surface area contributed by atoms with Gasteiger partial charge in [-0.2, -0.15) is 0 Å². The van der Waals surface area contributed by atoms with Crippen LogP contribution in [0.15, 0.2) is 0 Å². The van der Waals surface area contributed by atoms with E-state index >= 15 is 0 Å². The van der Waals surface area contributed by atoms with E-state index in [2.05, 4.69) is 0 Å². The van der Waals surface area contributed by atoms with E-state index in [4.69, 9.17) is 5.11 Å². The number of Topliss-reactive ketones (excluding diaryl/α,β-unsaturated/α-hetero) is 1. The second-order valence-corrected chi connectivity index (χ2v) is 3.93. The predicted octanol–water partition coefficient (Wildman–Crippen LogP) is 1.13. The van der Waals surface area contributed by atoms with Crippen LogP contribution in [0.5, 0.6) is 0 Å². The average molecular weight is 154 g/mol. The highest BCUT2D eigenvalue weighted by Gasteiger charge is 2.51. The summed E-state index contributed by atoms with van der Waals surface area (Å²) in [6.45, 7) is 0.0856. The molecule has 0 saturated heterocycles. The van der Waals surface area contributed by atoms with Gasteiger partial charge in [0.2, 0.25) is 0 Å². The van der Waals surface area contributed by atoms with Gasteiger partial charge < -0.3 is 5.11 Å². The largest absolute Gasteiger partial charge is 0.395 e. The Balaban J connectivity index is 1.98. The number of ketones is 1. The molecule has 2 nitrogen and oxygen atoms in total. The standard InChI is InChI=1S/C9H14O2/c10-6-9(4-5-9)8(11)7-2-1-3-7/h7,10H,1-6H2. The highest BCUT2D eigenvalue weighted by Crippen LogP contribution is 2.50. The van der Waals surface area contributed by atoms with Crippen LogP contribution in [-0.2, 0) is 4.79 Å². The van der Waals surface area contributed by atoms with E-state index < -0.39 is 0 Å². The molecule has 2 aliphatic rings. The summed E-state index contributed by atoms with van der Waals surface area (Å²) in [4.78, 5) is 11.6. The monoisotopic (exact) mass is 154 g/mol. The van der Waals surface area contributed by atoms with Gasteiger partial charge in [0.15, 0.2) is 0 Å². The third-order valence-corrected chi connectivity index (χ3v) is 3.15. The van der Waals surface area contributed by atoms with E-state index in [0.717, 1.165) is 25.7 Å². The predicted molar refractivity (Wildman–Crippen MR) is 41.1 cm³/mol. The summed E-state index contributed by atoms with van der Waals surface area (Å²) in [5.74, 6) is 0.663. The Morgan fingerprint density at radius 2 is 2.09 bits per heavy atom. The molecule has 0 radical (unpaired) electrons. The molecule has 0 heterocycles. The van der Waals surface area contributed by atoms with Crippen molar-refractivity contribution < 1.29 is 9.90 Å². The lowest BCUT2D eigenvalue weighted by Gasteiger charge is -2.27. The smallest absolute Gasteiger partial charge is 0.144 e. The number of rotatable bonds is 3. The van der Waals surface area contributed by atoms with Gasteiger partial charge in [-0.05, 0) is 25.7 Å². The van der Waals surface area contributed by atoms with Crippen molar-refractivity contribution >= 4 is 5.78 Å². The minimum absolute atomic E-state index is 0.0856. The molecule has 62 valence electrons. The molecule has 2 rings (SSSR count). The molecule has 2 fully saturated rings. The third-order valence-electron chi connectivity index (χ3n) is 3.15. The second kappa shape index (κ2) is 2.31. The topological polar surface area (TPSA) is 37.3 Å². The first kappa shape index (κ1) is 7.29. The lowest BCUT2D eigenvalue weighted by Crippen LogP contribution is -2.31. The van der Waals surface area contributed by atoms with E-state index in [1.165, 1.54) is 6.42 Å². The Kier molecular flexibility index (Phi) is 1.53. The Morgan fingerprint density at radius 1 is 1.45 bits per heavy atom. The number of hydrogen-bond acceptors (Lipinski definition) is 2. The van der Waals surface area contributed by atoms with Crippen LogP contribution in [-0.4, -0.2) is 17.5 Å². The molecule has 0 atom stereocenters. The summed E-state index contributed by atoms with van der Waals surface area (Å²) in [5.41, 5.74) is -0.259. The number of hydrogen-bond donors (Lipinski definition) is 1. The first-order chi connectivity index (χ1) is 5.28. The molecule has 0 amide bonds. The molecule has 0 spiro atoms. The maximum absolute atomic E-state index is 11.6. The molecule has 2 saturated carbocycles. The van der Waals surface area contributed by atoms with Gasteiger partial charge >= 0.3 is 0 Å². The first-order valence-corrected chi connectivity index (χ1v) is 4.44. The van der Waals surface area contributed by atoms with Crippen molar-refractivity contribution in [2.75, 3.05) is 6.61 Å². The fourth-order valence-corrected chi connectivity index (χ4v) is 1.74. The van der Waals surface area contributed by atoms with E-state index in [1.807, 2.05) is 0 Å². The van der Waals surface area contributed by atoms with Gasteiger partial charge in [-0.15, -0.1) is 0 Å². The molecule has 1 N–H and O–H groups in total. The van der Waals surface area contributed by atoms with Crippen LogP contribution in [0.4, 0.5) is 0 Å². The molecule has 11 heavy (non-hydrogen) atoms. The van der Waals surface area contributed by atoms with Crippen LogP contribution in [0.1, 0.15) is 32.1 Å². The van der Waals surface area contributed by atoms with Crippen molar-refractivity contribution in [2.45, 2.75) is 32.1 Å². The average Bonchev–Trinajstić information content (AvgIpc) is 2.63. The quantitative estimate of drug-likeness (QED) is 0.661. The zero-order chi connectivity index (χ0) is 7.90.